The van der Waals surface area contributed by atoms with E-state index in [9.17, 15) is 0 Å². The topological polar surface area (TPSA) is 18.5 Å². The summed E-state index contributed by atoms with van der Waals surface area (Å²) in [6, 6.07) is 6.13. The predicted octanol–water partition coefficient (Wildman–Crippen LogP) is 6.74. The van der Waals surface area contributed by atoms with E-state index < -0.39 is 0 Å². The van der Waals surface area contributed by atoms with Gasteiger partial charge in [0.15, 0.2) is 11.5 Å². The molecule has 0 amide bonds. The van der Waals surface area contributed by atoms with Crippen molar-refractivity contribution in [3.05, 3.63) is 29.8 Å². The molecule has 1 aliphatic rings. The van der Waals surface area contributed by atoms with E-state index >= 15 is 0 Å². The first-order valence-corrected chi connectivity index (χ1v) is 9.46. The Kier molecular flexibility index (Phi) is 8.68. The van der Waals surface area contributed by atoms with Crippen LogP contribution in [0, 0.1) is 0 Å². The van der Waals surface area contributed by atoms with Crippen LogP contribution in [0.15, 0.2) is 24.3 Å². The lowest BCUT2D eigenvalue weighted by atomic mass is 10.1. The van der Waals surface area contributed by atoms with Gasteiger partial charge in [0.05, 0.1) is 0 Å². The van der Waals surface area contributed by atoms with Crippen LogP contribution in [-0.4, -0.2) is 6.79 Å². The van der Waals surface area contributed by atoms with Crippen molar-refractivity contribution < 1.29 is 9.47 Å². The third-order valence-electron chi connectivity index (χ3n) is 4.43. The Balaban J connectivity index is 1.46. The lowest BCUT2D eigenvalue weighted by molar-refractivity contribution is 0.174. The van der Waals surface area contributed by atoms with Gasteiger partial charge in [0.1, 0.15) is 0 Å². The normalized spacial score (nSPS) is 13.1. The van der Waals surface area contributed by atoms with Gasteiger partial charge in [-0.1, -0.05) is 82.9 Å². The minimum absolute atomic E-state index is 0.348. The third-order valence-corrected chi connectivity index (χ3v) is 4.43. The molecule has 1 aliphatic heterocycles. The lowest BCUT2D eigenvalue weighted by Crippen LogP contribution is -1.92. The fourth-order valence-corrected chi connectivity index (χ4v) is 2.99. The van der Waals surface area contributed by atoms with Gasteiger partial charge in [-0.25, -0.2) is 0 Å². The van der Waals surface area contributed by atoms with Gasteiger partial charge in [0.2, 0.25) is 6.79 Å². The summed E-state index contributed by atoms with van der Waals surface area (Å²) in [4.78, 5) is 0. The van der Waals surface area contributed by atoms with Crippen LogP contribution in [-0.2, 0) is 0 Å². The van der Waals surface area contributed by atoms with E-state index in [1.165, 1.54) is 76.2 Å². The third kappa shape index (κ3) is 7.11. The van der Waals surface area contributed by atoms with Crippen LogP contribution >= 0.6 is 0 Å². The van der Waals surface area contributed by atoms with E-state index in [-0.39, 0.29) is 0 Å². The first kappa shape index (κ1) is 17.9. The second-order valence-electron chi connectivity index (χ2n) is 6.49. The monoisotopic (exact) mass is 316 g/mol. The Morgan fingerprint density at radius 1 is 0.826 bits per heavy atom. The average molecular weight is 316 g/mol. The molecule has 1 aromatic carbocycles. The quantitative estimate of drug-likeness (QED) is 0.397. The van der Waals surface area contributed by atoms with Crippen LogP contribution < -0.4 is 9.47 Å². The zero-order chi connectivity index (χ0) is 16.2. The Bertz CT molecular complexity index is 465. The number of ether oxygens (including phenoxy) is 2. The summed E-state index contributed by atoms with van der Waals surface area (Å²) in [6.07, 6.45) is 19.6. The van der Waals surface area contributed by atoms with Crippen molar-refractivity contribution in [2.75, 3.05) is 6.79 Å². The second kappa shape index (κ2) is 11.2. The molecule has 1 heterocycles. The maximum atomic E-state index is 5.40. The molecule has 0 aromatic heterocycles. The fourth-order valence-electron chi connectivity index (χ4n) is 2.99. The highest BCUT2D eigenvalue weighted by Gasteiger charge is 2.11. The predicted molar refractivity (Wildman–Crippen MR) is 98.1 cm³/mol. The molecule has 128 valence electrons. The van der Waals surface area contributed by atoms with Gasteiger partial charge in [-0.05, 0) is 30.5 Å². The summed E-state index contributed by atoms with van der Waals surface area (Å²) in [5, 5.41) is 0. The van der Waals surface area contributed by atoms with Crippen molar-refractivity contribution in [3.8, 4) is 11.5 Å². The van der Waals surface area contributed by atoms with Crippen molar-refractivity contribution in [2.45, 2.75) is 77.6 Å². The van der Waals surface area contributed by atoms with Crippen molar-refractivity contribution in [1.82, 2.24) is 0 Å². The van der Waals surface area contributed by atoms with Crippen LogP contribution in [0.25, 0.3) is 6.08 Å². The van der Waals surface area contributed by atoms with Gasteiger partial charge >= 0.3 is 0 Å². The first-order valence-electron chi connectivity index (χ1n) is 9.46. The summed E-state index contributed by atoms with van der Waals surface area (Å²) in [5.74, 6) is 1.72. The van der Waals surface area contributed by atoms with Crippen molar-refractivity contribution in [2.24, 2.45) is 0 Å². The molecular weight excluding hydrogens is 284 g/mol. The molecular formula is C21H32O2. The van der Waals surface area contributed by atoms with Crippen LogP contribution in [0.4, 0.5) is 0 Å². The van der Waals surface area contributed by atoms with Crippen molar-refractivity contribution in [1.29, 1.82) is 0 Å². The number of allylic oxidation sites excluding steroid dienone is 1. The maximum absolute atomic E-state index is 5.40. The second-order valence-corrected chi connectivity index (χ2v) is 6.49. The summed E-state index contributed by atoms with van der Waals surface area (Å²) >= 11 is 0. The molecule has 0 atom stereocenters. The van der Waals surface area contributed by atoms with Gasteiger partial charge in [-0.2, -0.15) is 0 Å². The zero-order valence-corrected chi connectivity index (χ0v) is 14.7. The number of rotatable bonds is 12. The Hall–Kier alpha value is -1.44. The molecule has 0 radical (unpaired) electrons. The van der Waals surface area contributed by atoms with Crippen LogP contribution in [0.1, 0.15) is 83.1 Å². The average Bonchev–Trinajstić information content (AvgIpc) is 3.03. The molecule has 23 heavy (non-hydrogen) atoms. The van der Waals surface area contributed by atoms with Crippen molar-refractivity contribution in [3.63, 3.8) is 0 Å². The Morgan fingerprint density at radius 3 is 2.22 bits per heavy atom. The van der Waals surface area contributed by atoms with Gasteiger partial charge < -0.3 is 9.47 Å². The summed E-state index contributed by atoms with van der Waals surface area (Å²) in [5.41, 5.74) is 1.20. The summed E-state index contributed by atoms with van der Waals surface area (Å²) in [6.45, 7) is 2.63. The largest absolute Gasteiger partial charge is 0.454 e. The fraction of sp³-hybridized carbons (Fsp3) is 0.619. The molecule has 0 fully saturated rings. The standard InChI is InChI=1S/C21H32O2/c1-2-3-4-5-6-7-8-9-10-11-12-13-14-19-15-16-20-21(17-19)23-18-22-20/h13-17H,2-12,18H2,1H3/b14-13+. The molecule has 2 rings (SSSR count). The lowest BCUT2D eigenvalue weighted by Gasteiger charge is -2.01. The van der Waals surface area contributed by atoms with Crippen LogP contribution in [0.5, 0.6) is 11.5 Å². The number of hydrogen-bond donors (Lipinski definition) is 0. The van der Waals surface area contributed by atoms with Gasteiger partial charge in [0.25, 0.3) is 0 Å². The Morgan fingerprint density at radius 2 is 1.48 bits per heavy atom. The number of hydrogen-bond acceptors (Lipinski definition) is 2. The summed E-state index contributed by atoms with van der Waals surface area (Å²) in [7, 11) is 0. The van der Waals surface area contributed by atoms with E-state index in [0.717, 1.165) is 11.5 Å². The number of fused-ring (bicyclic) bond motifs is 1. The molecule has 2 nitrogen and oxygen atoms in total. The molecule has 0 aliphatic carbocycles. The smallest absolute Gasteiger partial charge is 0.231 e. The number of benzene rings is 1. The van der Waals surface area contributed by atoms with E-state index in [1.54, 1.807) is 0 Å². The maximum Gasteiger partial charge on any atom is 0.231 e. The zero-order valence-electron chi connectivity index (χ0n) is 14.7. The molecule has 1 aromatic rings. The minimum atomic E-state index is 0.348. The number of unbranched alkanes of at least 4 members (excludes halogenated alkanes) is 10. The van der Waals surface area contributed by atoms with Gasteiger partial charge in [-0.15, -0.1) is 0 Å². The highest BCUT2D eigenvalue weighted by molar-refractivity contribution is 5.56. The molecule has 0 bridgehead atoms. The van der Waals surface area contributed by atoms with Crippen LogP contribution in [0.3, 0.4) is 0 Å². The van der Waals surface area contributed by atoms with E-state index in [2.05, 4.69) is 31.2 Å². The highest BCUT2D eigenvalue weighted by Crippen LogP contribution is 2.32. The molecule has 0 N–H and O–H groups in total. The molecule has 0 spiro atoms. The molecule has 2 heteroatoms. The SMILES string of the molecule is CCCCCCCCCCCC/C=C/c1ccc2c(c1)OCO2. The molecule has 0 saturated heterocycles. The van der Waals surface area contributed by atoms with Crippen molar-refractivity contribution >= 4 is 6.08 Å². The van der Waals surface area contributed by atoms with E-state index in [0.29, 0.717) is 6.79 Å². The Labute approximate surface area is 141 Å². The minimum Gasteiger partial charge on any atom is -0.454 e. The molecule has 0 saturated carbocycles. The molecule has 0 unspecified atom stereocenters. The highest BCUT2D eigenvalue weighted by atomic mass is 16.7. The van der Waals surface area contributed by atoms with E-state index in [4.69, 9.17) is 9.47 Å². The first-order chi connectivity index (χ1) is 11.4. The van der Waals surface area contributed by atoms with Gasteiger partial charge in [0, 0.05) is 0 Å². The van der Waals surface area contributed by atoms with E-state index in [1.807, 2.05) is 6.07 Å². The van der Waals surface area contributed by atoms with Gasteiger partial charge in [-0.3, -0.25) is 0 Å². The van der Waals surface area contributed by atoms with Crippen LogP contribution in [0.2, 0.25) is 0 Å². The summed E-state index contributed by atoms with van der Waals surface area (Å²) < 4.78 is 10.7.